The summed E-state index contributed by atoms with van der Waals surface area (Å²) in [4.78, 5) is 21.1. The van der Waals surface area contributed by atoms with Gasteiger partial charge in [0.25, 0.3) is 0 Å². The van der Waals surface area contributed by atoms with Crippen molar-refractivity contribution in [2.45, 2.75) is 19.4 Å². The molecular weight excluding hydrogens is 307 g/mol. The Morgan fingerprint density at radius 1 is 1.25 bits per heavy atom. The van der Waals surface area contributed by atoms with Gasteiger partial charge in [-0.2, -0.15) is 0 Å². The Morgan fingerprint density at radius 2 is 2.04 bits per heavy atom. The molecule has 0 bridgehead atoms. The molecule has 0 N–H and O–H groups in total. The summed E-state index contributed by atoms with van der Waals surface area (Å²) >= 11 is 0. The Bertz CT molecular complexity index is 757. The van der Waals surface area contributed by atoms with Gasteiger partial charge in [-0.15, -0.1) is 0 Å². The van der Waals surface area contributed by atoms with Gasteiger partial charge in [0, 0.05) is 50.1 Å². The molecule has 0 saturated carbocycles. The standard InChI is InChI=1S/C18H21FN4O/c1-21-9-7-20-16(21)11-22-8-6-18(12-22)10-17(24)23(13-18)15-4-2-14(19)3-5-15/h2-5,7,9H,6,8,10-13H2,1H3/t18-/m1/s1. The molecule has 5 nitrogen and oxygen atoms in total. The Labute approximate surface area is 140 Å². The second-order valence-electron chi connectivity index (χ2n) is 7.05. The molecule has 1 spiro atoms. The highest BCUT2D eigenvalue weighted by atomic mass is 19.1. The number of amides is 1. The van der Waals surface area contributed by atoms with E-state index in [9.17, 15) is 9.18 Å². The van der Waals surface area contributed by atoms with Crippen molar-refractivity contribution in [1.29, 1.82) is 0 Å². The van der Waals surface area contributed by atoms with Crippen LogP contribution in [-0.4, -0.2) is 40.0 Å². The number of likely N-dealkylation sites (tertiary alicyclic amines) is 1. The van der Waals surface area contributed by atoms with Crippen molar-refractivity contribution >= 4 is 11.6 Å². The van der Waals surface area contributed by atoms with Crippen molar-refractivity contribution in [2.24, 2.45) is 12.5 Å². The fourth-order valence-corrected chi connectivity index (χ4v) is 3.94. The molecule has 2 saturated heterocycles. The summed E-state index contributed by atoms with van der Waals surface area (Å²) in [6.07, 6.45) is 5.36. The van der Waals surface area contributed by atoms with Crippen molar-refractivity contribution < 1.29 is 9.18 Å². The summed E-state index contributed by atoms with van der Waals surface area (Å²) < 4.78 is 15.1. The van der Waals surface area contributed by atoms with E-state index in [4.69, 9.17) is 0 Å². The summed E-state index contributed by atoms with van der Waals surface area (Å²) in [5.74, 6) is 0.912. The Balaban J connectivity index is 1.46. The highest BCUT2D eigenvalue weighted by molar-refractivity contribution is 5.96. The molecule has 2 aliphatic rings. The van der Waals surface area contributed by atoms with E-state index in [1.54, 1.807) is 12.1 Å². The molecule has 0 radical (unpaired) electrons. The molecule has 1 atom stereocenters. The largest absolute Gasteiger partial charge is 0.337 e. The second kappa shape index (κ2) is 5.70. The predicted molar refractivity (Wildman–Crippen MR) is 88.9 cm³/mol. The molecule has 2 fully saturated rings. The quantitative estimate of drug-likeness (QED) is 0.867. The third kappa shape index (κ3) is 2.71. The zero-order chi connectivity index (χ0) is 16.7. The van der Waals surface area contributed by atoms with Gasteiger partial charge < -0.3 is 9.47 Å². The monoisotopic (exact) mass is 328 g/mol. The van der Waals surface area contributed by atoms with Crippen LogP contribution in [0, 0.1) is 11.2 Å². The minimum atomic E-state index is -0.276. The first-order valence-electron chi connectivity index (χ1n) is 8.29. The van der Waals surface area contributed by atoms with Crippen molar-refractivity contribution in [1.82, 2.24) is 14.5 Å². The van der Waals surface area contributed by atoms with Gasteiger partial charge in [-0.05, 0) is 37.2 Å². The van der Waals surface area contributed by atoms with Crippen LogP contribution in [0.2, 0.25) is 0 Å². The zero-order valence-electron chi connectivity index (χ0n) is 13.8. The maximum atomic E-state index is 13.1. The lowest BCUT2D eigenvalue weighted by Gasteiger charge is -2.24. The van der Waals surface area contributed by atoms with Crippen LogP contribution in [0.5, 0.6) is 0 Å². The number of carbonyl (C=O) groups is 1. The van der Waals surface area contributed by atoms with Gasteiger partial charge in [0.05, 0.1) is 6.54 Å². The maximum absolute atomic E-state index is 13.1. The first-order valence-corrected chi connectivity index (χ1v) is 8.29. The van der Waals surface area contributed by atoms with E-state index in [0.29, 0.717) is 13.0 Å². The molecule has 1 aromatic carbocycles. The molecule has 1 aromatic heterocycles. The number of carbonyl (C=O) groups excluding carboxylic acids is 1. The molecule has 0 aliphatic carbocycles. The number of anilines is 1. The molecule has 0 unspecified atom stereocenters. The van der Waals surface area contributed by atoms with Crippen molar-refractivity contribution in [3.05, 3.63) is 48.3 Å². The molecule has 126 valence electrons. The van der Waals surface area contributed by atoms with Gasteiger partial charge in [-0.3, -0.25) is 9.69 Å². The molecule has 1 amide bonds. The average Bonchev–Trinajstić information content (AvgIpc) is 3.22. The number of aryl methyl sites for hydroxylation is 1. The van der Waals surface area contributed by atoms with Crippen LogP contribution in [0.4, 0.5) is 10.1 Å². The lowest BCUT2D eigenvalue weighted by Crippen LogP contribution is -2.31. The van der Waals surface area contributed by atoms with E-state index in [-0.39, 0.29) is 17.1 Å². The molecule has 24 heavy (non-hydrogen) atoms. The summed E-state index contributed by atoms with van der Waals surface area (Å²) in [5, 5.41) is 0. The second-order valence-corrected chi connectivity index (χ2v) is 7.05. The zero-order valence-corrected chi connectivity index (χ0v) is 13.8. The number of aromatic nitrogens is 2. The SMILES string of the molecule is Cn1ccnc1CN1CC[C@@]2(CC(=O)N(c3ccc(F)cc3)C2)C1. The lowest BCUT2D eigenvalue weighted by molar-refractivity contribution is -0.117. The molecule has 4 rings (SSSR count). The fourth-order valence-electron chi connectivity index (χ4n) is 3.94. The predicted octanol–water partition coefficient (Wildman–Crippen LogP) is 2.19. The molecule has 2 aliphatic heterocycles. The summed E-state index contributed by atoms with van der Waals surface area (Å²) in [6.45, 7) is 3.42. The molecule has 2 aromatic rings. The van der Waals surface area contributed by atoms with Crippen molar-refractivity contribution in [2.75, 3.05) is 24.5 Å². The molecular formula is C18H21FN4O. The van der Waals surface area contributed by atoms with E-state index in [0.717, 1.165) is 37.6 Å². The fraction of sp³-hybridized carbons (Fsp3) is 0.444. The van der Waals surface area contributed by atoms with Crippen molar-refractivity contribution in [3.8, 4) is 0 Å². The summed E-state index contributed by atoms with van der Waals surface area (Å²) in [6, 6.07) is 6.20. The Hall–Kier alpha value is -2.21. The minimum Gasteiger partial charge on any atom is -0.337 e. The summed E-state index contributed by atoms with van der Waals surface area (Å²) in [7, 11) is 2.00. The molecule has 3 heterocycles. The van der Waals surface area contributed by atoms with Crippen LogP contribution in [-0.2, 0) is 18.4 Å². The highest BCUT2D eigenvalue weighted by Crippen LogP contribution is 2.42. The third-order valence-corrected chi connectivity index (χ3v) is 5.26. The van der Waals surface area contributed by atoms with Crippen LogP contribution < -0.4 is 4.90 Å². The number of hydrogen-bond acceptors (Lipinski definition) is 3. The van der Waals surface area contributed by atoms with Crippen LogP contribution in [0.15, 0.2) is 36.7 Å². The molecule has 6 heteroatoms. The topological polar surface area (TPSA) is 41.4 Å². The van der Waals surface area contributed by atoms with Gasteiger partial charge in [0.15, 0.2) is 0 Å². The van der Waals surface area contributed by atoms with E-state index < -0.39 is 0 Å². The average molecular weight is 328 g/mol. The number of imidazole rings is 1. The highest BCUT2D eigenvalue weighted by Gasteiger charge is 2.47. The summed E-state index contributed by atoms with van der Waals surface area (Å²) in [5.41, 5.74) is 0.803. The van der Waals surface area contributed by atoms with Crippen LogP contribution in [0.3, 0.4) is 0 Å². The normalized spacial score (nSPS) is 24.4. The van der Waals surface area contributed by atoms with Gasteiger partial charge in [-0.1, -0.05) is 0 Å². The van der Waals surface area contributed by atoms with Crippen molar-refractivity contribution in [3.63, 3.8) is 0 Å². The number of rotatable bonds is 3. The minimum absolute atomic E-state index is 0.0105. The number of benzene rings is 1. The van der Waals surface area contributed by atoms with E-state index in [1.165, 1.54) is 12.1 Å². The Morgan fingerprint density at radius 3 is 2.75 bits per heavy atom. The number of nitrogens with zero attached hydrogens (tertiary/aromatic N) is 4. The lowest BCUT2D eigenvalue weighted by atomic mass is 9.86. The van der Waals surface area contributed by atoms with Gasteiger partial charge in [0.2, 0.25) is 5.91 Å². The maximum Gasteiger partial charge on any atom is 0.227 e. The first-order chi connectivity index (χ1) is 11.5. The number of hydrogen-bond donors (Lipinski definition) is 0. The smallest absolute Gasteiger partial charge is 0.227 e. The third-order valence-electron chi connectivity index (χ3n) is 5.26. The van der Waals surface area contributed by atoms with Gasteiger partial charge in [0.1, 0.15) is 11.6 Å². The van der Waals surface area contributed by atoms with Gasteiger partial charge >= 0.3 is 0 Å². The van der Waals surface area contributed by atoms with Crippen LogP contribution >= 0.6 is 0 Å². The van der Waals surface area contributed by atoms with E-state index in [2.05, 4.69) is 9.88 Å². The van der Waals surface area contributed by atoms with Crippen LogP contribution in [0.25, 0.3) is 0 Å². The first kappa shape index (κ1) is 15.3. The Kier molecular flexibility index (Phi) is 3.64. The van der Waals surface area contributed by atoms with Gasteiger partial charge in [-0.25, -0.2) is 9.37 Å². The number of halogens is 1. The van der Waals surface area contributed by atoms with Crippen LogP contribution in [0.1, 0.15) is 18.7 Å². The van der Waals surface area contributed by atoms with E-state index in [1.807, 2.05) is 28.9 Å². The van der Waals surface area contributed by atoms with E-state index >= 15 is 0 Å².